The van der Waals surface area contributed by atoms with Crippen LogP contribution in [0.1, 0.15) is 36.8 Å². The maximum Gasteiger partial charge on any atom is 0.0388 e. The van der Waals surface area contributed by atoms with Gasteiger partial charge in [-0.1, -0.05) is 6.07 Å². The number of rotatable bonds is 4. The number of hydrogen-bond acceptors (Lipinski definition) is 2. The fourth-order valence-corrected chi connectivity index (χ4v) is 3.07. The third-order valence-corrected chi connectivity index (χ3v) is 4.60. The molecule has 1 atom stereocenters. The number of hydrogen-bond donors (Lipinski definition) is 1. The van der Waals surface area contributed by atoms with Crippen molar-refractivity contribution in [3.8, 4) is 0 Å². The Morgan fingerprint density at radius 1 is 1.16 bits per heavy atom. The Labute approximate surface area is 117 Å². The molecule has 1 aliphatic heterocycles. The lowest BCUT2D eigenvalue weighted by atomic mass is 10.0. The Bertz CT molecular complexity index is 437. The maximum absolute atomic E-state index is 3.73. The maximum atomic E-state index is 3.73. The number of benzene rings is 1. The highest BCUT2D eigenvalue weighted by Crippen LogP contribution is 2.30. The summed E-state index contributed by atoms with van der Waals surface area (Å²) in [7, 11) is 0. The van der Waals surface area contributed by atoms with E-state index in [1.807, 2.05) is 0 Å². The SMILES string of the molecule is Cc1ccc(NC2CCCN(CC3CC3)C2)cc1C. The lowest BCUT2D eigenvalue weighted by Crippen LogP contribution is -2.42. The molecule has 0 spiro atoms. The summed E-state index contributed by atoms with van der Waals surface area (Å²) in [5.41, 5.74) is 4.06. The van der Waals surface area contributed by atoms with Gasteiger partial charge in [0.1, 0.15) is 0 Å². The Balaban J connectivity index is 1.57. The van der Waals surface area contributed by atoms with Gasteiger partial charge in [0.2, 0.25) is 0 Å². The van der Waals surface area contributed by atoms with Crippen molar-refractivity contribution in [2.45, 2.75) is 45.6 Å². The van der Waals surface area contributed by atoms with Crippen LogP contribution in [-0.4, -0.2) is 30.6 Å². The molecule has 0 radical (unpaired) electrons. The minimum absolute atomic E-state index is 0.634. The highest BCUT2D eigenvalue weighted by atomic mass is 15.2. The Morgan fingerprint density at radius 2 is 2.00 bits per heavy atom. The van der Waals surface area contributed by atoms with Crippen molar-refractivity contribution < 1.29 is 0 Å². The van der Waals surface area contributed by atoms with Gasteiger partial charge in [0.05, 0.1) is 0 Å². The van der Waals surface area contributed by atoms with Gasteiger partial charge in [-0.05, 0) is 75.3 Å². The number of anilines is 1. The van der Waals surface area contributed by atoms with Crippen molar-refractivity contribution in [1.82, 2.24) is 4.90 Å². The zero-order valence-corrected chi connectivity index (χ0v) is 12.3. The van der Waals surface area contributed by atoms with E-state index in [1.165, 1.54) is 62.1 Å². The molecule has 1 aliphatic carbocycles. The average molecular weight is 258 g/mol. The van der Waals surface area contributed by atoms with Crippen LogP contribution in [0.5, 0.6) is 0 Å². The molecule has 1 aromatic rings. The third-order valence-electron chi connectivity index (χ3n) is 4.60. The predicted molar refractivity (Wildman–Crippen MR) is 81.7 cm³/mol. The molecule has 2 aliphatic rings. The highest BCUT2D eigenvalue weighted by molar-refractivity contribution is 5.48. The zero-order chi connectivity index (χ0) is 13.2. The van der Waals surface area contributed by atoms with Crippen LogP contribution in [0.3, 0.4) is 0 Å². The van der Waals surface area contributed by atoms with Gasteiger partial charge in [-0.3, -0.25) is 0 Å². The summed E-state index contributed by atoms with van der Waals surface area (Å²) < 4.78 is 0. The number of piperidine rings is 1. The van der Waals surface area contributed by atoms with Gasteiger partial charge >= 0.3 is 0 Å². The number of nitrogens with one attached hydrogen (secondary N) is 1. The second-order valence-corrected chi connectivity index (χ2v) is 6.49. The van der Waals surface area contributed by atoms with Gasteiger partial charge in [0.25, 0.3) is 0 Å². The molecule has 1 saturated carbocycles. The molecule has 0 bridgehead atoms. The normalized spacial score (nSPS) is 24.4. The van der Waals surface area contributed by atoms with Crippen LogP contribution in [0.4, 0.5) is 5.69 Å². The van der Waals surface area contributed by atoms with Crippen molar-refractivity contribution in [3.63, 3.8) is 0 Å². The molecule has 1 aromatic carbocycles. The molecular formula is C17H26N2. The molecule has 19 heavy (non-hydrogen) atoms. The Hall–Kier alpha value is -1.02. The standard InChI is InChI=1S/C17H26N2/c1-13-5-8-16(10-14(13)2)18-17-4-3-9-19(12-17)11-15-6-7-15/h5,8,10,15,17-18H,3-4,6-7,9,11-12H2,1-2H3. The van der Waals surface area contributed by atoms with Crippen LogP contribution >= 0.6 is 0 Å². The highest BCUT2D eigenvalue weighted by Gasteiger charge is 2.27. The average Bonchev–Trinajstić information content (AvgIpc) is 3.18. The van der Waals surface area contributed by atoms with Crippen LogP contribution in [0, 0.1) is 19.8 Å². The minimum atomic E-state index is 0.634. The van der Waals surface area contributed by atoms with E-state index in [0.29, 0.717) is 6.04 Å². The molecule has 0 amide bonds. The van der Waals surface area contributed by atoms with E-state index < -0.39 is 0 Å². The summed E-state index contributed by atoms with van der Waals surface area (Å²) in [6.07, 6.45) is 5.58. The first-order valence-corrected chi connectivity index (χ1v) is 7.77. The summed E-state index contributed by atoms with van der Waals surface area (Å²) in [6, 6.07) is 7.37. The van der Waals surface area contributed by atoms with E-state index in [1.54, 1.807) is 0 Å². The van der Waals surface area contributed by atoms with Crippen LogP contribution in [0.2, 0.25) is 0 Å². The molecular weight excluding hydrogens is 232 g/mol. The topological polar surface area (TPSA) is 15.3 Å². The molecule has 2 heteroatoms. The smallest absolute Gasteiger partial charge is 0.0388 e. The van der Waals surface area contributed by atoms with Crippen molar-refractivity contribution in [2.75, 3.05) is 25.0 Å². The quantitative estimate of drug-likeness (QED) is 0.888. The summed E-state index contributed by atoms with van der Waals surface area (Å²) in [6.45, 7) is 8.24. The van der Waals surface area contributed by atoms with Crippen molar-refractivity contribution in [2.24, 2.45) is 5.92 Å². The van der Waals surface area contributed by atoms with E-state index in [2.05, 4.69) is 42.3 Å². The van der Waals surface area contributed by atoms with Gasteiger partial charge < -0.3 is 10.2 Å². The van der Waals surface area contributed by atoms with E-state index in [9.17, 15) is 0 Å². The molecule has 0 aromatic heterocycles. The molecule has 104 valence electrons. The van der Waals surface area contributed by atoms with Gasteiger partial charge in [-0.2, -0.15) is 0 Å². The molecule has 1 heterocycles. The molecule has 1 N–H and O–H groups in total. The van der Waals surface area contributed by atoms with E-state index >= 15 is 0 Å². The first-order chi connectivity index (χ1) is 9.20. The number of aryl methyl sites for hydroxylation is 2. The molecule has 3 rings (SSSR count). The fourth-order valence-electron chi connectivity index (χ4n) is 3.07. The van der Waals surface area contributed by atoms with Crippen LogP contribution in [0.15, 0.2) is 18.2 Å². The third kappa shape index (κ3) is 3.50. The van der Waals surface area contributed by atoms with Gasteiger partial charge in [-0.15, -0.1) is 0 Å². The van der Waals surface area contributed by atoms with Gasteiger partial charge in [0.15, 0.2) is 0 Å². The van der Waals surface area contributed by atoms with Crippen molar-refractivity contribution in [3.05, 3.63) is 29.3 Å². The Morgan fingerprint density at radius 3 is 2.74 bits per heavy atom. The fraction of sp³-hybridized carbons (Fsp3) is 0.647. The molecule has 1 unspecified atom stereocenters. The van der Waals surface area contributed by atoms with Gasteiger partial charge in [-0.25, -0.2) is 0 Å². The Kier molecular flexibility index (Phi) is 3.79. The van der Waals surface area contributed by atoms with E-state index in [-0.39, 0.29) is 0 Å². The summed E-state index contributed by atoms with van der Waals surface area (Å²) in [5, 5.41) is 3.73. The van der Waals surface area contributed by atoms with Crippen LogP contribution < -0.4 is 5.32 Å². The summed E-state index contributed by atoms with van der Waals surface area (Å²) in [4.78, 5) is 2.67. The second-order valence-electron chi connectivity index (χ2n) is 6.49. The molecule has 2 nitrogen and oxygen atoms in total. The first kappa shape index (κ1) is 13.0. The summed E-state index contributed by atoms with van der Waals surface area (Å²) >= 11 is 0. The lowest BCUT2D eigenvalue weighted by Gasteiger charge is -2.33. The van der Waals surface area contributed by atoms with Crippen molar-refractivity contribution >= 4 is 5.69 Å². The van der Waals surface area contributed by atoms with Crippen LogP contribution in [-0.2, 0) is 0 Å². The monoisotopic (exact) mass is 258 g/mol. The van der Waals surface area contributed by atoms with E-state index in [4.69, 9.17) is 0 Å². The predicted octanol–water partition coefficient (Wildman–Crippen LogP) is 3.59. The summed E-state index contributed by atoms with van der Waals surface area (Å²) in [5.74, 6) is 1.01. The zero-order valence-electron chi connectivity index (χ0n) is 12.3. The largest absolute Gasteiger partial charge is 0.381 e. The van der Waals surface area contributed by atoms with E-state index in [0.717, 1.165) is 5.92 Å². The molecule has 1 saturated heterocycles. The van der Waals surface area contributed by atoms with Crippen molar-refractivity contribution in [1.29, 1.82) is 0 Å². The minimum Gasteiger partial charge on any atom is -0.381 e. The lowest BCUT2D eigenvalue weighted by molar-refractivity contribution is 0.208. The first-order valence-electron chi connectivity index (χ1n) is 7.77. The van der Waals surface area contributed by atoms with Crippen LogP contribution in [0.25, 0.3) is 0 Å². The van der Waals surface area contributed by atoms with Gasteiger partial charge in [0, 0.05) is 24.8 Å². The second kappa shape index (κ2) is 5.54. The number of nitrogens with zero attached hydrogens (tertiary/aromatic N) is 1. The number of likely N-dealkylation sites (tertiary alicyclic amines) is 1. The molecule has 2 fully saturated rings.